The molecule has 0 aliphatic heterocycles. The van der Waals surface area contributed by atoms with Crippen molar-refractivity contribution in [2.24, 2.45) is 11.8 Å². The minimum absolute atomic E-state index is 0.609. The zero-order valence-corrected chi connectivity index (χ0v) is 27.2. The average molecular weight is 537 g/mol. The van der Waals surface area contributed by atoms with E-state index in [0.717, 1.165) is 0 Å². The van der Waals surface area contributed by atoms with Gasteiger partial charge in [0.05, 0.1) is 0 Å². The monoisotopic (exact) mass is 536 g/mol. The van der Waals surface area contributed by atoms with Gasteiger partial charge in [0, 0.05) is 11.8 Å². The quantitative estimate of drug-likeness (QED) is 0.289. The van der Waals surface area contributed by atoms with Crippen molar-refractivity contribution in [3.63, 3.8) is 0 Å². The molecule has 40 heavy (non-hydrogen) atoms. The van der Waals surface area contributed by atoms with Crippen LogP contribution < -0.4 is 0 Å². The van der Waals surface area contributed by atoms with Gasteiger partial charge in [-0.05, 0) is 134 Å². The van der Waals surface area contributed by atoms with Crippen LogP contribution in [0.5, 0.6) is 0 Å². The molecule has 0 amide bonds. The molecule has 8 bridgehead atoms. The van der Waals surface area contributed by atoms with Crippen LogP contribution in [0.2, 0.25) is 0 Å². The van der Waals surface area contributed by atoms with E-state index in [-0.39, 0.29) is 0 Å². The van der Waals surface area contributed by atoms with Gasteiger partial charge in [-0.2, -0.15) is 0 Å². The minimum Gasteiger partial charge on any atom is -0.0732 e. The smallest absolute Gasteiger partial charge is 0.00261 e. The third-order valence-electron chi connectivity index (χ3n) is 11.2. The van der Waals surface area contributed by atoms with Crippen molar-refractivity contribution in [2.75, 3.05) is 0 Å². The van der Waals surface area contributed by atoms with Gasteiger partial charge in [-0.25, -0.2) is 0 Å². The summed E-state index contributed by atoms with van der Waals surface area (Å²) in [6.45, 7) is 19.3. The standard InChI is InChI=1S/C40H56/c1-9-33-25-17-26(34(33)10-2)22-28-19-30(38(14-6)36(28)12-4)24-32-20-31(39(15-7)40(32)16-8)23-29-18-27(21-25)35(11-3)37(29)13-5/h17,20,25,31H,9-16,18-19,21-24H2,1-8H3. The first kappa shape index (κ1) is 29.4. The van der Waals surface area contributed by atoms with E-state index in [0.29, 0.717) is 11.8 Å². The number of hydrogen-bond acceptors (Lipinski definition) is 0. The molecule has 0 saturated heterocycles. The fourth-order valence-corrected chi connectivity index (χ4v) is 9.67. The first-order valence-corrected chi connectivity index (χ1v) is 17.2. The van der Waals surface area contributed by atoms with E-state index in [1.54, 1.807) is 78.0 Å². The van der Waals surface area contributed by atoms with E-state index in [4.69, 9.17) is 0 Å². The topological polar surface area (TPSA) is 0 Å². The zero-order chi connectivity index (χ0) is 28.6. The van der Waals surface area contributed by atoms with Crippen molar-refractivity contribution in [3.05, 3.63) is 90.2 Å². The maximum atomic E-state index is 2.75. The molecule has 5 aliphatic carbocycles. The van der Waals surface area contributed by atoms with Gasteiger partial charge in [-0.15, -0.1) is 0 Å². The van der Waals surface area contributed by atoms with Crippen molar-refractivity contribution >= 4 is 0 Å². The van der Waals surface area contributed by atoms with Gasteiger partial charge >= 0.3 is 0 Å². The molecule has 216 valence electrons. The van der Waals surface area contributed by atoms with Gasteiger partial charge in [-0.3, -0.25) is 0 Å². The molecule has 0 heteroatoms. The second-order valence-electron chi connectivity index (χ2n) is 12.9. The maximum absolute atomic E-state index is 2.75. The predicted molar refractivity (Wildman–Crippen MR) is 175 cm³/mol. The van der Waals surface area contributed by atoms with Crippen LogP contribution in [0.4, 0.5) is 0 Å². The Bertz CT molecular complexity index is 1200. The van der Waals surface area contributed by atoms with E-state index >= 15 is 0 Å². The first-order valence-electron chi connectivity index (χ1n) is 17.2. The summed E-state index contributed by atoms with van der Waals surface area (Å²) in [5.74, 6) is 1.22. The van der Waals surface area contributed by atoms with Crippen LogP contribution in [0.3, 0.4) is 0 Å². The van der Waals surface area contributed by atoms with Crippen LogP contribution >= 0.6 is 0 Å². The molecule has 0 spiro atoms. The van der Waals surface area contributed by atoms with E-state index < -0.39 is 0 Å². The molecule has 0 aromatic rings. The third-order valence-corrected chi connectivity index (χ3v) is 11.2. The lowest BCUT2D eigenvalue weighted by molar-refractivity contribution is 0.681. The molecule has 0 heterocycles. The van der Waals surface area contributed by atoms with Crippen LogP contribution in [-0.2, 0) is 0 Å². The maximum Gasteiger partial charge on any atom is 0.00261 e. The highest BCUT2D eigenvalue weighted by atomic mass is 14.4. The van der Waals surface area contributed by atoms with E-state index in [1.165, 1.54) is 89.9 Å². The van der Waals surface area contributed by atoms with Gasteiger partial charge in [0.15, 0.2) is 0 Å². The second-order valence-corrected chi connectivity index (χ2v) is 12.9. The van der Waals surface area contributed by atoms with Gasteiger partial charge in [0.1, 0.15) is 0 Å². The number of hydrogen-bond donors (Lipinski definition) is 0. The van der Waals surface area contributed by atoms with Crippen LogP contribution in [0.25, 0.3) is 0 Å². The van der Waals surface area contributed by atoms with Crippen molar-refractivity contribution in [1.82, 2.24) is 0 Å². The summed E-state index contributed by atoms with van der Waals surface area (Å²) in [5, 5.41) is 0. The number of allylic oxidation sites excluding steroid dienone is 16. The Balaban J connectivity index is 1.65. The summed E-state index contributed by atoms with van der Waals surface area (Å²) in [6, 6.07) is 0. The Morgan fingerprint density at radius 3 is 1.05 bits per heavy atom. The fourth-order valence-electron chi connectivity index (χ4n) is 9.67. The molecular weight excluding hydrogens is 480 g/mol. The zero-order valence-electron chi connectivity index (χ0n) is 27.2. The predicted octanol–water partition coefficient (Wildman–Crippen LogP) is 12.5. The molecule has 0 aromatic heterocycles. The molecule has 2 unspecified atom stereocenters. The van der Waals surface area contributed by atoms with E-state index in [2.05, 4.69) is 67.5 Å². The van der Waals surface area contributed by atoms with Crippen LogP contribution in [0, 0.1) is 11.8 Å². The van der Waals surface area contributed by atoms with Crippen molar-refractivity contribution in [2.45, 2.75) is 145 Å². The number of rotatable bonds is 8. The van der Waals surface area contributed by atoms with Gasteiger partial charge < -0.3 is 0 Å². The van der Waals surface area contributed by atoms with Gasteiger partial charge in [-0.1, -0.05) is 101 Å². The molecule has 0 nitrogen and oxygen atoms in total. The lowest BCUT2D eigenvalue weighted by Crippen LogP contribution is -2.03. The normalized spacial score (nSPS) is 25.4. The highest BCUT2D eigenvalue weighted by Crippen LogP contribution is 2.51. The number of fused-ring (bicyclic) bond motifs is 6. The third kappa shape index (κ3) is 4.97. The molecule has 5 aliphatic rings. The SMILES string of the molecule is CCC1=C2CC3=CC(CC4=C(CC)C(CC)=C(C4)CC4C=C(CC(=C1CC)C2)C(CC)=C4CC)C(CC)=C3CC. The lowest BCUT2D eigenvalue weighted by Gasteiger charge is -2.18. The Morgan fingerprint density at radius 1 is 0.400 bits per heavy atom. The summed E-state index contributed by atoms with van der Waals surface area (Å²) in [4.78, 5) is 0. The molecule has 0 saturated carbocycles. The van der Waals surface area contributed by atoms with Crippen molar-refractivity contribution in [1.29, 1.82) is 0 Å². The fraction of sp³-hybridized carbons (Fsp3) is 0.600. The van der Waals surface area contributed by atoms with E-state index in [9.17, 15) is 0 Å². The minimum atomic E-state index is 0.609. The van der Waals surface area contributed by atoms with Crippen LogP contribution in [-0.4, -0.2) is 0 Å². The largest absolute Gasteiger partial charge is 0.0732 e. The molecule has 0 aromatic carbocycles. The summed E-state index contributed by atoms with van der Waals surface area (Å²) in [6.07, 6.45) is 22.3. The van der Waals surface area contributed by atoms with Gasteiger partial charge in [0.2, 0.25) is 0 Å². The summed E-state index contributed by atoms with van der Waals surface area (Å²) < 4.78 is 0. The average Bonchev–Trinajstić information content (AvgIpc) is 3.67. The Kier molecular flexibility index (Phi) is 9.14. The van der Waals surface area contributed by atoms with Gasteiger partial charge in [0.25, 0.3) is 0 Å². The van der Waals surface area contributed by atoms with Crippen LogP contribution in [0.1, 0.15) is 145 Å². The highest BCUT2D eigenvalue weighted by molar-refractivity contribution is 5.57. The van der Waals surface area contributed by atoms with Crippen LogP contribution in [0.15, 0.2) is 90.2 Å². The summed E-state index contributed by atoms with van der Waals surface area (Å²) >= 11 is 0. The summed E-state index contributed by atoms with van der Waals surface area (Å²) in [7, 11) is 0. The second kappa shape index (κ2) is 12.4. The Labute approximate surface area is 246 Å². The van der Waals surface area contributed by atoms with Crippen molar-refractivity contribution < 1.29 is 0 Å². The Morgan fingerprint density at radius 2 is 0.725 bits per heavy atom. The lowest BCUT2D eigenvalue weighted by atomic mass is 9.87. The van der Waals surface area contributed by atoms with E-state index in [1.807, 2.05) is 0 Å². The Hall–Kier alpha value is -2.08. The highest BCUT2D eigenvalue weighted by Gasteiger charge is 2.34. The molecule has 2 atom stereocenters. The molecule has 5 rings (SSSR count). The molecule has 0 fully saturated rings. The summed E-state index contributed by atoms with van der Waals surface area (Å²) in [5.41, 5.74) is 24.2. The molecular formula is C40H56. The molecule has 0 radical (unpaired) electrons. The van der Waals surface area contributed by atoms with Crippen molar-refractivity contribution in [3.8, 4) is 0 Å². The first-order chi connectivity index (χ1) is 19.5. The molecule has 0 N–H and O–H groups in total.